The minimum absolute atomic E-state index is 0.258. The number of nitrogens with zero attached hydrogens (tertiary/aromatic N) is 2. The topological polar surface area (TPSA) is 57.4 Å². The average molecular weight is 304 g/mol. The van der Waals surface area contributed by atoms with Crippen LogP contribution in [0.3, 0.4) is 0 Å². The molecule has 22 heavy (non-hydrogen) atoms. The van der Waals surface area contributed by atoms with Crippen LogP contribution in [0, 0.1) is 5.82 Å². The van der Waals surface area contributed by atoms with Crippen LogP contribution in [0.2, 0.25) is 0 Å². The molecule has 1 unspecified atom stereocenters. The molecule has 1 fully saturated rings. The lowest BCUT2D eigenvalue weighted by atomic mass is 10.0. The summed E-state index contributed by atoms with van der Waals surface area (Å²) < 4.78 is 30.0. The second kappa shape index (κ2) is 6.37. The summed E-state index contributed by atoms with van der Waals surface area (Å²) in [4.78, 5) is 0. The largest absolute Gasteiger partial charge is 0.422 e. The maximum absolute atomic E-state index is 13.5. The summed E-state index contributed by atoms with van der Waals surface area (Å²) in [6.45, 7) is 1.02. The number of ether oxygens (including phenoxy) is 2. The van der Waals surface area contributed by atoms with Crippen molar-refractivity contribution in [3.05, 3.63) is 53.5 Å². The van der Waals surface area contributed by atoms with E-state index in [0.29, 0.717) is 43.4 Å². The summed E-state index contributed by atoms with van der Waals surface area (Å²) in [5.74, 6) is 0.638. The Hall–Kier alpha value is -2.05. The summed E-state index contributed by atoms with van der Waals surface area (Å²) in [6, 6.07) is 6.58. The van der Waals surface area contributed by atoms with Crippen LogP contribution >= 0.6 is 0 Å². The third kappa shape index (κ3) is 2.93. The first-order chi connectivity index (χ1) is 10.7. The van der Waals surface area contributed by atoms with Crippen molar-refractivity contribution in [2.24, 2.45) is 0 Å². The molecule has 0 amide bonds. The zero-order valence-corrected chi connectivity index (χ0v) is 12.3. The molecule has 0 radical (unpaired) electrons. The molecule has 116 valence electrons. The number of aromatic nitrogens is 2. The Morgan fingerprint density at radius 1 is 1.36 bits per heavy atom. The van der Waals surface area contributed by atoms with Crippen LogP contribution in [0.1, 0.15) is 23.8 Å². The number of halogens is 1. The molecule has 0 aliphatic carbocycles. The molecule has 1 aliphatic rings. The first-order valence-electron chi connectivity index (χ1n) is 7.10. The van der Waals surface area contributed by atoms with Crippen molar-refractivity contribution >= 4 is 6.08 Å². The second-order valence-electron chi connectivity index (χ2n) is 5.13. The van der Waals surface area contributed by atoms with E-state index in [-0.39, 0.29) is 5.82 Å². The molecule has 1 aliphatic heterocycles. The standard InChI is InChI=1S/C16H17FN2O3/c1-20-16(9-10-21-11-16)15-19-18-14(22-15)8-4-6-12-5-2-3-7-13(12)17/h2-7H,8-11H2,1H3/b6-4+. The van der Waals surface area contributed by atoms with Crippen molar-refractivity contribution in [1.29, 1.82) is 0 Å². The van der Waals surface area contributed by atoms with Gasteiger partial charge in [0.15, 0.2) is 5.60 Å². The zero-order chi connectivity index (χ0) is 15.4. The van der Waals surface area contributed by atoms with Gasteiger partial charge >= 0.3 is 0 Å². The van der Waals surface area contributed by atoms with Gasteiger partial charge in [0.2, 0.25) is 5.89 Å². The fourth-order valence-electron chi connectivity index (χ4n) is 2.38. The second-order valence-corrected chi connectivity index (χ2v) is 5.13. The number of hydrogen-bond donors (Lipinski definition) is 0. The van der Waals surface area contributed by atoms with Crippen LogP contribution in [0.4, 0.5) is 4.39 Å². The number of benzene rings is 1. The maximum atomic E-state index is 13.5. The van der Waals surface area contributed by atoms with E-state index < -0.39 is 5.60 Å². The Labute approximate surface area is 127 Å². The van der Waals surface area contributed by atoms with Gasteiger partial charge in [-0.1, -0.05) is 30.4 Å². The van der Waals surface area contributed by atoms with Crippen molar-refractivity contribution in [2.75, 3.05) is 20.3 Å². The Kier molecular flexibility index (Phi) is 4.31. The summed E-state index contributed by atoms with van der Waals surface area (Å²) in [6.07, 6.45) is 4.61. The molecule has 0 spiro atoms. The third-order valence-electron chi connectivity index (χ3n) is 3.73. The quantitative estimate of drug-likeness (QED) is 0.850. The van der Waals surface area contributed by atoms with E-state index in [2.05, 4.69) is 10.2 Å². The maximum Gasteiger partial charge on any atom is 0.250 e. The monoisotopic (exact) mass is 304 g/mol. The Bertz CT molecular complexity index is 663. The minimum atomic E-state index is -0.638. The normalized spacial score (nSPS) is 21.7. The van der Waals surface area contributed by atoms with E-state index in [1.165, 1.54) is 6.07 Å². The van der Waals surface area contributed by atoms with Crippen LogP contribution in [-0.4, -0.2) is 30.5 Å². The Morgan fingerprint density at radius 3 is 2.95 bits per heavy atom. The van der Waals surface area contributed by atoms with Crippen LogP contribution in [-0.2, 0) is 21.5 Å². The van der Waals surface area contributed by atoms with Crippen molar-refractivity contribution in [2.45, 2.75) is 18.4 Å². The number of hydrogen-bond acceptors (Lipinski definition) is 5. The van der Waals surface area contributed by atoms with Crippen molar-refractivity contribution in [1.82, 2.24) is 10.2 Å². The van der Waals surface area contributed by atoms with E-state index in [0.717, 1.165) is 0 Å². The number of methoxy groups -OCH3 is 1. The highest BCUT2D eigenvalue weighted by Gasteiger charge is 2.42. The Balaban J connectivity index is 1.69. The first kappa shape index (κ1) is 14.9. The predicted molar refractivity (Wildman–Crippen MR) is 77.6 cm³/mol. The molecule has 0 saturated carbocycles. The van der Waals surface area contributed by atoms with Gasteiger partial charge in [-0.2, -0.15) is 0 Å². The van der Waals surface area contributed by atoms with Gasteiger partial charge in [-0.25, -0.2) is 4.39 Å². The molecule has 1 aromatic carbocycles. The highest BCUT2D eigenvalue weighted by molar-refractivity contribution is 5.49. The van der Waals surface area contributed by atoms with Gasteiger partial charge in [0.25, 0.3) is 5.89 Å². The molecule has 2 heterocycles. The highest BCUT2D eigenvalue weighted by Crippen LogP contribution is 2.32. The van der Waals surface area contributed by atoms with Gasteiger partial charge in [-0.15, -0.1) is 10.2 Å². The molecular formula is C16H17FN2O3. The lowest BCUT2D eigenvalue weighted by Crippen LogP contribution is -2.29. The molecule has 0 bridgehead atoms. The minimum Gasteiger partial charge on any atom is -0.422 e. The van der Waals surface area contributed by atoms with Gasteiger partial charge in [0.05, 0.1) is 13.2 Å². The first-order valence-corrected chi connectivity index (χ1v) is 7.10. The average Bonchev–Trinajstić information content (AvgIpc) is 3.19. The van der Waals surface area contributed by atoms with E-state index in [9.17, 15) is 4.39 Å². The van der Waals surface area contributed by atoms with Crippen molar-refractivity contribution in [3.63, 3.8) is 0 Å². The summed E-state index contributed by atoms with van der Waals surface area (Å²) >= 11 is 0. The Morgan fingerprint density at radius 2 is 2.23 bits per heavy atom. The smallest absolute Gasteiger partial charge is 0.250 e. The van der Waals surface area contributed by atoms with Gasteiger partial charge in [0.1, 0.15) is 5.82 Å². The van der Waals surface area contributed by atoms with Gasteiger partial charge in [0, 0.05) is 25.5 Å². The highest BCUT2D eigenvalue weighted by atomic mass is 19.1. The predicted octanol–water partition coefficient (Wildman–Crippen LogP) is 2.73. The summed E-state index contributed by atoms with van der Waals surface area (Å²) in [5, 5.41) is 8.06. The van der Waals surface area contributed by atoms with E-state index in [4.69, 9.17) is 13.9 Å². The van der Waals surface area contributed by atoms with Crippen LogP contribution < -0.4 is 0 Å². The summed E-state index contributed by atoms with van der Waals surface area (Å²) in [5.41, 5.74) is -0.111. The third-order valence-corrected chi connectivity index (χ3v) is 3.73. The zero-order valence-electron chi connectivity index (χ0n) is 12.3. The number of allylic oxidation sites excluding steroid dienone is 1. The molecule has 1 saturated heterocycles. The van der Waals surface area contributed by atoms with Crippen molar-refractivity contribution in [3.8, 4) is 0 Å². The van der Waals surface area contributed by atoms with E-state index in [1.54, 1.807) is 37.5 Å². The molecule has 5 nitrogen and oxygen atoms in total. The molecule has 1 atom stereocenters. The summed E-state index contributed by atoms with van der Waals surface area (Å²) in [7, 11) is 1.61. The fourth-order valence-corrected chi connectivity index (χ4v) is 2.38. The van der Waals surface area contributed by atoms with Crippen LogP contribution in [0.25, 0.3) is 6.08 Å². The molecule has 2 aromatic rings. The lowest BCUT2D eigenvalue weighted by Gasteiger charge is -2.20. The number of rotatable bonds is 5. The van der Waals surface area contributed by atoms with Gasteiger partial charge < -0.3 is 13.9 Å². The SMILES string of the molecule is COC1(c2nnc(C/C=C/c3ccccc3F)o2)CCOC1. The van der Waals surface area contributed by atoms with E-state index >= 15 is 0 Å². The molecular weight excluding hydrogens is 287 g/mol. The van der Waals surface area contributed by atoms with Crippen LogP contribution in [0.5, 0.6) is 0 Å². The fraction of sp³-hybridized carbons (Fsp3) is 0.375. The van der Waals surface area contributed by atoms with Crippen LogP contribution in [0.15, 0.2) is 34.8 Å². The van der Waals surface area contributed by atoms with Crippen molar-refractivity contribution < 1.29 is 18.3 Å². The molecule has 6 heteroatoms. The lowest BCUT2D eigenvalue weighted by molar-refractivity contribution is -0.0415. The van der Waals surface area contributed by atoms with E-state index in [1.807, 2.05) is 0 Å². The molecule has 1 aromatic heterocycles. The van der Waals surface area contributed by atoms with Gasteiger partial charge in [-0.3, -0.25) is 0 Å². The van der Waals surface area contributed by atoms with Gasteiger partial charge in [-0.05, 0) is 6.07 Å². The molecule has 0 N–H and O–H groups in total. The molecule has 3 rings (SSSR count).